The summed E-state index contributed by atoms with van der Waals surface area (Å²) in [6.45, 7) is -1.17. The molecule has 6 heteroatoms. The highest BCUT2D eigenvalue weighted by atomic mass is 19.4. The number of carbonyl (C=O) groups excluding carboxylic acids is 1. The number of fused-ring (bicyclic) bond motifs is 7. The highest BCUT2D eigenvalue weighted by Crippen LogP contribution is 2.64. The molecule has 3 saturated carbocycles. The van der Waals surface area contributed by atoms with E-state index in [0.717, 1.165) is 17.7 Å². The van der Waals surface area contributed by atoms with Crippen molar-refractivity contribution >= 4 is 11.6 Å². The average molecular weight is 350 g/mol. The minimum Gasteiger partial charge on any atom is -0.362 e. The number of anilines is 1. The minimum atomic E-state index is -4.40. The lowest BCUT2D eigenvalue weighted by Crippen LogP contribution is -2.66. The zero-order chi connectivity index (χ0) is 17.4. The lowest BCUT2D eigenvalue weighted by molar-refractivity contribution is -0.155. The van der Waals surface area contributed by atoms with Crippen LogP contribution in [0, 0.1) is 23.7 Å². The van der Waals surface area contributed by atoms with Crippen molar-refractivity contribution in [2.75, 3.05) is 11.9 Å². The van der Waals surface area contributed by atoms with E-state index in [2.05, 4.69) is 5.32 Å². The second kappa shape index (κ2) is 4.92. The second-order valence-electron chi connectivity index (χ2n) is 8.17. The Labute approximate surface area is 144 Å². The molecule has 134 valence electrons. The van der Waals surface area contributed by atoms with E-state index in [1.54, 1.807) is 12.1 Å². The fourth-order valence-corrected chi connectivity index (χ4v) is 6.37. The van der Waals surface area contributed by atoms with Gasteiger partial charge in [0.05, 0.1) is 5.56 Å². The molecule has 1 N–H and O–H groups in total. The number of halogens is 3. The zero-order valence-corrected chi connectivity index (χ0v) is 13.9. The van der Waals surface area contributed by atoms with Crippen molar-refractivity contribution in [2.45, 2.75) is 43.9 Å². The summed E-state index contributed by atoms with van der Waals surface area (Å²) in [7, 11) is 0. The van der Waals surface area contributed by atoms with E-state index in [0.29, 0.717) is 35.4 Å². The molecule has 5 atom stereocenters. The number of hydrogen-bond donors (Lipinski definition) is 1. The summed E-state index contributed by atoms with van der Waals surface area (Å²) in [6.07, 6.45) is 0.660. The van der Waals surface area contributed by atoms with E-state index in [9.17, 15) is 18.0 Å². The van der Waals surface area contributed by atoms with Crippen LogP contribution in [0.3, 0.4) is 0 Å². The number of amides is 1. The van der Waals surface area contributed by atoms with Crippen molar-refractivity contribution in [1.29, 1.82) is 0 Å². The van der Waals surface area contributed by atoms with Gasteiger partial charge in [-0.15, -0.1) is 0 Å². The maximum absolute atomic E-state index is 13.3. The molecule has 3 nitrogen and oxygen atoms in total. The van der Waals surface area contributed by atoms with E-state index >= 15 is 0 Å². The van der Waals surface area contributed by atoms with Gasteiger partial charge in [0.15, 0.2) is 0 Å². The van der Waals surface area contributed by atoms with E-state index in [1.165, 1.54) is 12.8 Å². The molecule has 2 bridgehead atoms. The van der Waals surface area contributed by atoms with Gasteiger partial charge in [-0.1, -0.05) is 18.6 Å². The van der Waals surface area contributed by atoms with Crippen LogP contribution >= 0.6 is 0 Å². The predicted octanol–water partition coefficient (Wildman–Crippen LogP) is 4.27. The van der Waals surface area contributed by atoms with Gasteiger partial charge >= 0.3 is 6.18 Å². The molecule has 5 rings (SSSR count). The van der Waals surface area contributed by atoms with Gasteiger partial charge in [-0.25, -0.2) is 0 Å². The first-order chi connectivity index (χ1) is 11.9. The number of para-hydroxylation sites is 1. The third-order valence-corrected chi connectivity index (χ3v) is 7.06. The monoisotopic (exact) mass is 350 g/mol. The first-order valence-corrected chi connectivity index (χ1v) is 9.15. The molecule has 3 fully saturated rings. The van der Waals surface area contributed by atoms with Crippen molar-refractivity contribution < 1.29 is 18.0 Å². The van der Waals surface area contributed by atoms with E-state index in [-0.39, 0.29) is 5.92 Å². The number of hydrogen-bond acceptors (Lipinski definition) is 2. The Morgan fingerprint density at radius 3 is 2.76 bits per heavy atom. The number of alkyl halides is 3. The van der Waals surface area contributed by atoms with Gasteiger partial charge < -0.3 is 10.2 Å². The Hall–Kier alpha value is -1.72. The van der Waals surface area contributed by atoms with Crippen LogP contribution < -0.4 is 5.32 Å². The highest BCUT2D eigenvalue weighted by molar-refractivity contribution is 6.02. The van der Waals surface area contributed by atoms with E-state index < -0.39 is 24.3 Å². The number of benzene rings is 1. The second-order valence-corrected chi connectivity index (χ2v) is 8.17. The van der Waals surface area contributed by atoms with Crippen molar-refractivity contribution in [3.8, 4) is 0 Å². The van der Waals surface area contributed by atoms with Gasteiger partial charge in [0.2, 0.25) is 0 Å². The fourth-order valence-electron chi connectivity index (χ4n) is 6.37. The molecule has 0 radical (unpaired) electrons. The van der Waals surface area contributed by atoms with Crippen molar-refractivity contribution in [2.24, 2.45) is 23.7 Å². The summed E-state index contributed by atoms with van der Waals surface area (Å²) in [5.41, 5.74) is 0.174. The Morgan fingerprint density at radius 1 is 1.20 bits per heavy atom. The van der Waals surface area contributed by atoms with Crippen LogP contribution in [0.5, 0.6) is 0 Å². The van der Waals surface area contributed by atoms with E-state index in [1.807, 2.05) is 12.1 Å². The number of carbonyl (C=O) groups is 1. The Kier molecular flexibility index (Phi) is 3.06. The quantitative estimate of drug-likeness (QED) is 0.820. The minimum absolute atomic E-state index is 0.129. The third kappa shape index (κ3) is 2.09. The van der Waals surface area contributed by atoms with Gasteiger partial charge in [0.25, 0.3) is 5.91 Å². The summed E-state index contributed by atoms with van der Waals surface area (Å²) < 4.78 is 39.9. The van der Waals surface area contributed by atoms with Gasteiger partial charge in [0, 0.05) is 11.6 Å². The molecule has 0 saturated heterocycles. The molecule has 4 aliphatic rings. The molecule has 1 spiro atoms. The van der Waals surface area contributed by atoms with Gasteiger partial charge in [0.1, 0.15) is 12.2 Å². The van der Waals surface area contributed by atoms with Gasteiger partial charge in [-0.2, -0.15) is 13.2 Å². The van der Waals surface area contributed by atoms with Crippen molar-refractivity contribution in [3.63, 3.8) is 0 Å². The molecule has 1 aromatic carbocycles. The topological polar surface area (TPSA) is 32.3 Å². The molecular formula is C19H21F3N2O. The maximum Gasteiger partial charge on any atom is 0.406 e. The fraction of sp³-hybridized carbons (Fsp3) is 0.632. The largest absolute Gasteiger partial charge is 0.406 e. The molecular weight excluding hydrogens is 329 g/mol. The van der Waals surface area contributed by atoms with Crippen LogP contribution in [-0.4, -0.2) is 29.2 Å². The first-order valence-electron chi connectivity index (χ1n) is 9.15. The summed E-state index contributed by atoms with van der Waals surface area (Å²) in [5, 5.41) is 3.42. The molecule has 1 aliphatic heterocycles. The van der Waals surface area contributed by atoms with Crippen LogP contribution in [0.2, 0.25) is 0 Å². The maximum atomic E-state index is 13.3. The van der Waals surface area contributed by atoms with Crippen LogP contribution in [0.15, 0.2) is 24.3 Å². The lowest BCUT2D eigenvalue weighted by Gasteiger charge is -2.53. The Balaban J connectivity index is 1.60. The lowest BCUT2D eigenvalue weighted by atomic mass is 9.73. The number of nitrogens with one attached hydrogen (secondary N) is 1. The summed E-state index contributed by atoms with van der Waals surface area (Å²) in [6, 6.07) is 6.97. The number of rotatable bonds is 1. The normalized spacial score (nSPS) is 38.8. The molecule has 3 aliphatic carbocycles. The van der Waals surface area contributed by atoms with Crippen molar-refractivity contribution in [1.82, 2.24) is 4.90 Å². The van der Waals surface area contributed by atoms with Gasteiger partial charge in [-0.05, 0) is 55.6 Å². The van der Waals surface area contributed by atoms with Crippen molar-refractivity contribution in [3.05, 3.63) is 29.8 Å². The van der Waals surface area contributed by atoms with Crippen LogP contribution in [0.25, 0.3) is 0 Å². The van der Waals surface area contributed by atoms with Crippen LogP contribution in [0.4, 0.5) is 18.9 Å². The molecule has 0 aromatic heterocycles. The Bertz CT molecular complexity index is 734. The van der Waals surface area contributed by atoms with Crippen LogP contribution in [0.1, 0.15) is 42.5 Å². The molecule has 1 heterocycles. The standard InChI is InChI=1S/C19H21F3N2O/c20-19(21,22)10-24-17(25)14-4-1-2-7-16(14)23-18(24)9-11-8-15(18)13-6-3-5-12(11)13/h1-2,4,7,11-13,15,23H,3,5-6,8-10H2/t11-,12-,13+,15-,18-/m1/s1. The smallest absolute Gasteiger partial charge is 0.362 e. The van der Waals surface area contributed by atoms with E-state index in [4.69, 9.17) is 0 Å². The SMILES string of the molecule is O=C1c2ccccc2N[C@]2(C[C@H]3C[C@@H]2[C@H]2CCC[C@H]32)N1CC(F)(F)F. The zero-order valence-electron chi connectivity index (χ0n) is 13.9. The molecule has 1 aromatic rings. The molecule has 0 unspecified atom stereocenters. The highest BCUT2D eigenvalue weighted by Gasteiger charge is 2.65. The number of nitrogens with zero attached hydrogens (tertiary/aromatic N) is 1. The molecule has 1 amide bonds. The van der Waals surface area contributed by atoms with Crippen LogP contribution in [-0.2, 0) is 0 Å². The van der Waals surface area contributed by atoms with Gasteiger partial charge in [-0.3, -0.25) is 4.79 Å². The summed E-state index contributed by atoms with van der Waals surface area (Å²) in [5.74, 6) is 1.20. The summed E-state index contributed by atoms with van der Waals surface area (Å²) in [4.78, 5) is 14.1. The first kappa shape index (κ1) is 15.5. The predicted molar refractivity (Wildman–Crippen MR) is 86.9 cm³/mol. The third-order valence-electron chi connectivity index (χ3n) is 7.06. The average Bonchev–Trinajstić information content (AvgIpc) is 3.22. The Morgan fingerprint density at radius 2 is 1.96 bits per heavy atom. The summed E-state index contributed by atoms with van der Waals surface area (Å²) >= 11 is 0. The molecule has 25 heavy (non-hydrogen) atoms.